The van der Waals surface area contributed by atoms with Gasteiger partial charge in [-0.1, -0.05) is 18.2 Å². The summed E-state index contributed by atoms with van der Waals surface area (Å²) in [5, 5.41) is 13.5. The van der Waals surface area contributed by atoms with E-state index in [4.69, 9.17) is 14.2 Å². The molecule has 142 valence electrons. The lowest BCUT2D eigenvalue weighted by molar-refractivity contribution is 0.324. The molecule has 0 saturated carbocycles. The van der Waals surface area contributed by atoms with Crippen LogP contribution >= 0.6 is 0 Å². The van der Waals surface area contributed by atoms with Crippen molar-refractivity contribution in [1.29, 1.82) is 0 Å². The largest absolute Gasteiger partial charge is 0.493 e. The standard InChI is InChI=1S/C19H18N6O3/c1-26-14-8-11(9-15(27-2)17(14)28-3)10-20-24-19-22-18-16(23-25-19)12-6-4-5-7-13(12)21-18/h4-10H,1-3H3,(H2,21,22,24,25)/b20-10-. The third kappa shape index (κ3) is 3.13. The third-order valence-electron chi connectivity index (χ3n) is 4.19. The molecule has 2 aromatic carbocycles. The van der Waals surface area contributed by atoms with Crippen LogP contribution < -0.4 is 19.6 Å². The molecule has 2 N–H and O–H groups in total. The van der Waals surface area contributed by atoms with Crippen LogP contribution in [0.3, 0.4) is 0 Å². The summed E-state index contributed by atoms with van der Waals surface area (Å²) in [6.07, 6.45) is 1.60. The van der Waals surface area contributed by atoms with Crippen molar-refractivity contribution in [3.8, 4) is 17.2 Å². The molecule has 2 heterocycles. The van der Waals surface area contributed by atoms with Gasteiger partial charge in [0.15, 0.2) is 17.1 Å². The van der Waals surface area contributed by atoms with Crippen LogP contribution in [0.15, 0.2) is 41.5 Å². The minimum absolute atomic E-state index is 0.280. The average molecular weight is 378 g/mol. The Balaban J connectivity index is 1.58. The summed E-state index contributed by atoms with van der Waals surface area (Å²) in [7, 11) is 4.68. The lowest BCUT2D eigenvalue weighted by Gasteiger charge is -2.12. The van der Waals surface area contributed by atoms with Gasteiger partial charge in [0.1, 0.15) is 5.52 Å². The number of benzene rings is 2. The van der Waals surface area contributed by atoms with Crippen molar-refractivity contribution in [1.82, 2.24) is 20.2 Å². The molecule has 0 atom stereocenters. The van der Waals surface area contributed by atoms with Gasteiger partial charge in [0.2, 0.25) is 5.75 Å². The first-order valence-corrected chi connectivity index (χ1v) is 8.43. The highest BCUT2D eigenvalue weighted by Gasteiger charge is 2.12. The molecule has 0 amide bonds. The Morgan fingerprint density at radius 3 is 2.46 bits per heavy atom. The van der Waals surface area contributed by atoms with Gasteiger partial charge in [-0.25, -0.2) is 5.43 Å². The van der Waals surface area contributed by atoms with Gasteiger partial charge in [-0.2, -0.15) is 10.1 Å². The minimum atomic E-state index is 0.280. The molecule has 0 bridgehead atoms. The van der Waals surface area contributed by atoms with Crippen molar-refractivity contribution in [3.63, 3.8) is 0 Å². The van der Waals surface area contributed by atoms with Crippen molar-refractivity contribution >= 4 is 34.2 Å². The summed E-state index contributed by atoms with van der Waals surface area (Å²) in [4.78, 5) is 7.63. The Hall–Kier alpha value is -3.88. The van der Waals surface area contributed by atoms with E-state index in [1.165, 1.54) is 0 Å². The van der Waals surface area contributed by atoms with Crippen LogP contribution in [0.5, 0.6) is 17.2 Å². The van der Waals surface area contributed by atoms with E-state index in [1.54, 1.807) is 39.7 Å². The maximum absolute atomic E-state index is 5.34. The van der Waals surface area contributed by atoms with E-state index in [-0.39, 0.29) is 5.95 Å². The lowest BCUT2D eigenvalue weighted by atomic mass is 10.2. The first kappa shape index (κ1) is 17.5. The van der Waals surface area contributed by atoms with E-state index < -0.39 is 0 Å². The molecule has 2 aromatic heterocycles. The van der Waals surface area contributed by atoms with Crippen LogP contribution in [0, 0.1) is 0 Å². The monoisotopic (exact) mass is 378 g/mol. The van der Waals surface area contributed by atoms with E-state index in [0.29, 0.717) is 22.9 Å². The highest BCUT2D eigenvalue weighted by molar-refractivity contribution is 6.03. The number of H-pyrrole nitrogens is 1. The van der Waals surface area contributed by atoms with E-state index in [1.807, 2.05) is 24.3 Å². The molecule has 0 aliphatic heterocycles. The Morgan fingerprint density at radius 2 is 1.75 bits per heavy atom. The topological polar surface area (TPSA) is 107 Å². The average Bonchev–Trinajstić information content (AvgIpc) is 3.10. The molecule has 0 radical (unpaired) electrons. The Labute approximate surface area is 160 Å². The highest BCUT2D eigenvalue weighted by atomic mass is 16.5. The first-order chi connectivity index (χ1) is 13.7. The van der Waals surface area contributed by atoms with Crippen LogP contribution in [0.25, 0.3) is 22.1 Å². The fraction of sp³-hybridized carbons (Fsp3) is 0.158. The zero-order valence-corrected chi connectivity index (χ0v) is 15.6. The number of hydrazone groups is 1. The van der Waals surface area contributed by atoms with Gasteiger partial charge in [-0.3, -0.25) is 0 Å². The highest BCUT2D eigenvalue weighted by Crippen LogP contribution is 2.37. The summed E-state index contributed by atoms with van der Waals surface area (Å²) < 4.78 is 16.0. The van der Waals surface area contributed by atoms with Crippen molar-refractivity contribution < 1.29 is 14.2 Å². The molecular weight excluding hydrogens is 360 g/mol. The molecule has 0 spiro atoms. The number of rotatable bonds is 6. The van der Waals surface area contributed by atoms with Crippen molar-refractivity contribution in [2.24, 2.45) is 5.10 Å². The number of ether oxygens (including phenoxy) is 3. The van der Waals surface area contributed by atoms with Crippen LogP contribution in [-0.4, -0.2) is 47.7 Å². The SMILES string of the molecule is COc1cc(/C=N\Nc2nnc3c(n2)[nH]c2ccccc23)cc(OC)c1OC. The first-order valence-electron chi connectivity index (χ1n) is 8.43. The number of para-hydroxylation sites is 1. The van der Waals surface area contributed by atoms with Crippen LogP contribution in [0.4, 0.5) is 5.95 Å². The number of aromatic nitrogens is 4. The molecule has 4 rings (SSSR count). The molecule has 0 aliphatic carbocycles. The molecule has 9 heteroatoms. The number of hydrogen-bond donors (Lipinski definition) is 2. The molecule has 0 aliphatic rings. The smallest absolute Gasteiger partial charge is 0.265 e. The predicted octanol–water partition coefficient (Wildman–Crippen LogP) is 2.98. The number of anilines is 1. The quantitative estimate of drug-likeness (QED) is 0.392. The summed E-state index contributed by atoms with van der Waals surface area (Å²) in [5.74, 6) is 1.89. The molecule has 28 heavy (non-hydrogen) atoms. The number of hydrogen-bond acceptors (Lipinski definition) is 8. The van der Waals surface area contributed by atoms with Gasteiger partial charge >= 0.3 is 0 Å². The number of methoxy groups -OCH3 is 3. The van der Waals surface area contributed by atoms with Crippen molar-refractivity contribution in [2.75, 3.05) is 26.8 Å². The van der Waals surface area contributed by atoms with Crippen molar-refractivity contribution in [2.45, 2.75) is 0 Å². The lowest BCUT2D eigenvalue weighted by Crippen LogP contribution is -2.00. The van der Waals surface area contributed by atoms with Gasteiger partial charge in [0.25, 0.3) is 5.95 Å². The van der Waals surface area contributed by atoms with Gasteiger partial charge in [0.05, 0.1) is 27.5 Å². The van der Waals surface area contributed by atoms with Crippen molar-refractivity contribution in [3.05, 3.63) is 42.0 Å². The Bertz CT molecular complexity index is 1150. The van der Waals surface area contributed by atoms with Gasteiger partial charge in [0, 0.05) is 16.5 Å². The Morgan fingerprint density at radius 1 is 1.00 bits per heavy atom. The molecule has 0 saturated heterocycles. The second kappa shape index (κ2) is 7.39. The van der Waals surface area contributed by atoms with Crippen LogP contribution in [0.1, 0.15) is 5.56 Å². The van der Waals surface area contributed by atoms with E-state index in [9.17, 15) is 0 Å². The van der Waals surface area contributed by atoms with Crippen LogP contribution in [0.2, 0.25) is 0 Å². The van der Waals surface area contributed by atoms with Crippen LogP contribution in [-0.2, 0) is 0 Å². The maximum atomic E-state index is 5.34. The zero-order chi connectivity index (χ0) is 19.5. The molecule has 4 aromatic rings. The van der Waals surface area contributed by atoms with Gasteiger partial charge in [-0.15, -0.1) is 10.2 Å². The maximum Gasteiger partial charge on any atom is 0.265 e. The third-order valence-corrected chi connectivity index (χ3v) is 4.19. The van der Waals surface area contributed by atoms with E-state index in [2.05, 4.69) is 30.7 Å². The zero-order valence-electron chi connectivity index (χ0n) is 15.6. The Kier molecular flexibility index (Phi) is 4.63. The molecular formula is C19H18N6O3. The molecule has 0 fully saturated rings. The fourth-order valence-corrected chi connectivity index (χ4v) is 2.91. The fourth-order valence-electron chi connectivity index (χ4n) is 2.91. The summed E-state index contributed by atoms with van der Waals surface area (Å²) in [6.45, 7) is 0. The second-order valence-corrected chi connectivity index (χ2v) is 5.83. The number of nitrogens with zero attached hydrogens (tertiary/aromatic N) is 4. The normalized spacial score (nSPS) is 11.2. The predicted molar refractivity (Wildman–Crippen MR) is 107 cm³/mol. The number of nitrogens with one attached hydrogen (secondary N) is 2. The number of aromatic amines is 1. The van der Waals surface area contributed by atoms with Gasteiger partial charge < -0.3 is 19.2 Å². The molecule has 0 unspecified atom stereocenters. The summed E-state index contributed by atoms with van der Waals surface area (Å²) >= 11 is 0. The molecule has 9 nitrogen and oxygen atoms in total. The summed E-state index contributed by atoms with van der Waals surface area (Å²) in [6, 6.07) is 11.4. The number of fused-ring (bicyclic) bond motifs is 3. The van der Waals surface area contributed by atoms with Gasteiger partial charge in [-0.05, 0) is 18.2 Å². The summed E-state index contributed by atoms with van der Waals surface area (Å²) in [5.41, 5.74) is 5.85. The minimum Gasteiger partial charge on any atom is -0.493 e. The van der Waals surface area contributed by atoms with E-state index in [0.717, 1.165) is 22.0 Å². The second-order valence-electron chi connectivity index (χ2n) is 5.83. The van der Waals surface area contributed by atoms with E-state index >= 15 is 0 Å².